The Bertz CT molecular complexity index is 1160. The smallest absolute Gasteiger partial charge is 0.287 e. The Morgan fingerprint density at radius 1 is 1.18 bits per heavy atom. The Labute approximate surface area is 161 Å². The number of nitrogens with one attached hydrogen (secondary N) is 1. The minimum atomic E-state index is -0.360. The molecule has 2 aromatic carbocycles. The average molecular weight is 377 g/mol. The van der Waals surface area contributed by atoms with Gasteiger partial charge in [0, 0.05) is 22.2 Å². The maximum atomic E-state index is 13.5. The zero-order valence-electron chi connectivity index (χ0n) is 15.9. The van der Waals surface area contributed by atoms with Gasteiger partial charge in [-0.05, 0) is 51.1 Å². The third-order valence-electron chi connectivity index (χ3n) is 4.97. The SMILES string of the molecule is Cc1c(C(=O)NC(C)c2cnn(-c3ccccc3)c2C)oc2ccc(F)cc12. The normalized spacial score (nSPS) is 12.3. The number of halogens is 1. The summed E-state index contributed by atoms with van der Waals surface area (Å²) in [6, 6.07) is 13.8. The lowest BCUT2D eigenvalue weighted by Gasteiger charge is -2.13. The molecule has 1 amide bonds. The van der Waals surface area contributed by atoms with Crippen molar-refractivity contribution in [2.24, 2.45) is 0 Å². The fraction of sp³-hybridized carbons (Fsp3) is 0.182. The van der Waals surface area contributed by atoms with Crippen LogP contribution in [0, 0.1) is 19.7 Å². The van der Waals surface area contributed by atoms with Crippen LogP contribution in [0.15, 0.2) is 59.1 Å². The predicted molar refractivity (Wildman–Crippen MR) is 105 cm³/mol. The lowest BCUT2D eigenvalue weighted by molar-refractivity contribution is 0.0913. The Morgan fingerprint density at radius 2 is 1.93 bits per heavy atom. The van der Waals surface area contributed by atoms with Crippen LogP contribution in [0.4, 0.5) is 4.39 Å². The summed E-state index contributed by atoms with van der Waals surface area (Å²) < 4.78 is 21.0. The Morgan fingerprint density at radius 3 is 2.68 bits per heavy atom. The average Bonchev–Trinajstić information content (AvgIpc) is 3.23. The van der Waals surface area contributed by atoms with Crippen molar-refractivity contribution < 1.29 is 13.6 Å². The molecule has 0 radical (unpaired) electrons. The maximum Gasteiger partial charge on any atom is 0.287 e. The van der Waals surface area contributed by atoms with Gasteiger partial charge in [0.25, 0.3) is 5.91 Å². The summed E-state index contributed by atoms with van der Waals surface area (Å²) in [6.45, 7) is 5.62. The summed E-state index contributed by atoms with van der Waals surface area (Å²) in [5.74, 6) is -0.505. The molecular formula is C22H20FN3O2. The van der Waals surface area contributed by atoms with E-state index in [9.17, 15) is 9.18 Å². The third kappa shape index (κ3) is 3.07. The number of hydrogen-bond donors (Lipinski definition) is 1. The van der Waals surface area contributed by atoms with E-state index in [1.54, 1.807) is 13.1 Å². The zero-order chi connectivity index (χ0) is 19.8. The van der Waals surface area contributed by atoms with Crippen molar-refractivity contribution in [2.45, 2.75) is 26.8 Å². The third-order valence-corrected chi connectivity index (χ3v) is 4.97. The van der Waals surface area contributed by atoms with Gasteiger partial charge in [0.1, 0.15) is 11.4 Å². The summed E-state index contributed by atoms with van der Waals surface area (Å²) in [5, 5.41) is 8.01. The molecule has 0 aliphatic rings. The number of aromatic nitrogens is 2. The largest absolute Gasteiger partial charge is 0.451 e. The van der Waals surface area contributed by atoms with Gasteiger partial charge in [0.15, 0.2) is 5.76 Å². The monoisotopic (exact) mass is 377 g/mol. The second-order valence-corrected chi connectivity index (χ2v) is 6.82. The number of nitrogens with zero attached hydrogens (tertiary/aromatic N) is 2. The molecule has 1 N–H and O–H groups in total. The second-order valence-electron chi connectivity index (χ2n) is 6.82. The molecule has 5 nitrogen and oxygen atoms in total. The van der Waals surface area contributed by atoms with Crippen LogP contribution in [0.5, 0.6) is 0 Å². The van der Waals surface area contributed by atoms with E-state index in [0.717, 1.165) is 16.9 Å². The molecule has 0 spiro atoms. The number of rotatable bonds is 4. The first-order valence-corrected chi connectivity index (χ1v) is 9.05. The molecule has 142 valence electrons. The molecule has 0 aliphatic carbocycles. The van der Waals surface area contributed by atoms with Crippen LogP contribution in [-0.4, -0.2) is 15.7 Å². The molecule has 0 saturated carbocycles. The number of amides is 1. The summed E-state index contributed by atoms with van der Waals surface area (Å²) in [7, 11) is 0. The molecule has 28 heavy (non-hydrogen) atoms. The molecule has 6 heteroatoms. The minimum absolute atomic E-state index is 0.195. The number of para-hydroxylation sites is 1. The molecule has 1 unspecified atom stereocenters. The standard InChI is InChI=1S/C22H20FN3O2/c1-13-18-11-16(23)9-10-20(18)28-21(13)22(27)25-14(2)19-12-24-26(15(19)3)17-7-5-4-6-8-17/h4-12,14H,1-3H3,(H,25,27). The van der Waals surface area contributed by atoms with Gasteiger partial charge in [-0.3, -0.25) is 4.79 Å². The van der Waals surface area contributed by atoms with Gasteiger partial charge in [0.2, 0.25) is 0 Å². The Balaban J connectivity index is 1.59. The van der Waals surface area contributed by atoms with Gasteiger partial charge in [-0.1, -0.05) is 18.2 Å². The fourth-order valence-corrected chi connectivity index (χ4v) is 3.43. The van der Waals surface area contributed by atoms with E-state index < -0.39 is 0 Å². The van der Waals surface area contributed by atoms with Crippen LogP contribution >= 0.6 is 0 Å². The molecule has 2 heterocycles. The number of carbonyl (C=O) groups excluding carboxylic acids is 1. The summed E-state index contributed by atoms with van der Waals surface area (Å²) in [6.07, 6.45) is 1.76. The predicted octanol–water partition coefficient (Wildman–Crippen LogP) is 4.87. The van der Waals surface area contributed by atoms with E-state index in [0.29, 0.717) is 16.5 Å². The lowest BCUT2D eigenvalue weighted by Crippen LogP contribution is -2.27. The minimum Gasteiger partial charge on any atom is -0.451 e. The van der Waals surface area contributed by atoms with Crippen molar-refractivity contribution in [1.82, 2.24) is 15.1 Å². The molecule has 0 aliphatic heterocycles. The van der Waals surface area contributed by atoms with Gasteiger partial charge >= 0.3 is 0 Å². The van der Waals surface area contributed by atoms with Crippen molar-refractivity contribution in [3.63, 3.8) is 0 Å². The first-order chi connectivity index (χ1) is 13.5. The maximum absolute atomic E-state index is 13.5. The highest BCUT2D eigenvalue weighted by molar-refractivity contribution is 5.99. The number of carbonyl (C=O) groups is 1. The van der Waals surface area contributed by atoms with Crippen LogP contribution in [-0.2, 0) is 0 Å². The second kappa shape index (κ2) is 6.96. The van der Waals surface area contributed by atoms with E-state index in [2.05, 4.69) is 10.4 Å². The van der Waals surface area contributed by atoms with E-state index in [-0.39, 0.29) is 23.5 Å². The van der Waals surface area contributed by atoms with Crippen molar-refractivity contribution in [3.8, 4) is 5.69 Å². The zero-order valence-corrected chi connectivity index (χ0v) is 15.9. The topological polar surface area (TPSA) is 60.1 Å². The van der Waals surface area contributed by atoms with Crippen LogP contribution in [0.25, 0.3) is 16.7 Å². The molecule has 2 aromatic heterocycles. The van der Waals surface area contributed by atoms with E-state index >= 15 is 0 Å². The summed E-state index contributed by atoms with van der Waals surface area (Å²) in [4.78, 5) is 12.8. The number of benzene rings is 2. The number of fused-ring (bicyclic) bond motifs is 1. The number of furan rings is 1. The van der Waals surface area contributed by atoms with Gasteiger partial charge in [-0.15, -0.1) is 0 Å². The van der Waals surface area contributed by atoms with E-state index in [4.69, 9.17) is 4.42 Å². The highest BCUT2D eigenvalue weighted by atomic mass is 19.1. The van der Waals surface area contributed by atoms with Crippen LogP contribution in [0.2, 0.25) is 0 Å². The van der Waals surface area contributed by atoms with Gasteiger partial charge in [0.05, 0.1) is 17.9 Å². The summed E-state index contributed by atoms with van der Waals surface area (Å²) >= 11 is 0. The van der Waals surface area contributed by atoms with Gasteiger partial charge in [-0.2, -0.15) is 5.10 Å². The van der Waals surface area contributed by atoms with Crippen LogP contribution < -0.4 is 5.32 Å². The molecule has 0 bridgehead atoms. The Hall–Kier alpha value is -3.41. The molecular weight excluding hydrogens is 357 g/mol. The summed E-state index contributed by atoms with van der Waals surface area (Å²) in [5.41, 5.74) is 3.93. The van der Waals surface area contributed by atoms with Crippen LogP contribution in [0.3, 0.4) is 0 Å². The first-order valence-electron chi connectivity index (χ1n) is 9.05. The number of aryl methyl sites for hydroxylation is 1. The van der Waals surface area contributed by atoms with Gasteiger partial charge in [-0.25, -0.2) is 9.07 Å². The van der Waals surface area contributed by atoms with Crippen molar-refractivity contribution in [3.05, 3.63) is 83.1 Å². The van der Waals surface area contributed by atoms with Crippen molar-refractivity contribution in [2.75, 3.05) is 0 Å². The van der Waals surface area contributed by atoms with Crippen molar-refractivity contribution >= 4 is 16.9 Å². The van der Waals surface area contributed by atoms with E-state index in [1.807, 2.05) is 48.9 Å². The molecule has 4 rings (SSSR count). The van der Waals surface area contributed by atoms with Gasteiger partial charge < -0.3 is 9.73 Å². The first kappa shape index (κ1) is 18.0. The Kier molecular flexibility index (Phi) is 4.47. The highest BCUT2D eigenvalue weighted by Crippen LogP contribution is 2.27. The number of hydrogen-bond acceptors (Lipinski definition) is 3. The lowest BCUT2D eigenvalue weighted by atomic mass is 10.1. The van der Waals surface area contributed by atoms with Crippen molar-refractivity contribution in [1.29, 1.82) is 0 Å². The van der Waals surface area contributed by atoms with Crippen LogP contribution in [0.1, 0.15) is 40.3 Å². The molecule has 4 aromatic rings. The molecule has 1 atom stereocenters. The highest BCUT2D eigenvalue weighted by Gasteiger charge is 2.22. The van der Waals surface area contributed by atoms with E-state index in [1.165, 1.54) is 18.2 Å². The fourth-order valence-electron chi connectivity index (χ4n) is 3.43. The molecule has 0 saturated heterocycles. The molecule has 0 fully saturated rings. The quantitative estimate of drug-likeness (QED) is 0.552.